The average molecular weight is 320 g/mol. The molecule has 0 bridgehead atoms. The molecule has 0 radical (unpaired) electrons. The highest BCUT2D eigenvalue weighted by Crippen LogP contribution is 2.40. The molecule has 3 rings (SSSR count). The van der Waals surface area contributed by atoms with Gasteiger partial charge in [-0.3, -0.25) is 9.69 Å². The predicted molar refractivity (Wildman–Crippen MR) is 96.5 cm³/mol. The fourth-order valence-corrected chi connectivity index (χ4v) is 5.42. The first-order valence-electron chi connectivity index (χ1n) is 10.5. The Morgan fingerprint density at radius 3 is 2.04 bits per heavy atom. The number of carbonyl (C=O) groups excluding carboxylic acids is 1. The van der Waals surface area contributed by atoms with Crippen molar-refractivity contribution in [3.63, 3.8) is 0 Å². The van der Waals surface area contributed by atoms with Gasteiger partial charge >= 0.3 is 0 Å². The van der Waals surface area contributed by atoms with E-state index in [0.29, 0.717) is 11.7 Å². The third kappa shape index (κ3) is 4.81. The van der Waals surface area contributed by atoms with Crippen molar-refractivity contribution in [2.45, 2.75) is 84.0 Å². The van der Waals surface area contributed by atoms with Crippen molar-refractivity contribution >= 4 is 5.78 Å². The molecule has 0 atom stereocenters. The zero-order valence-corrected chi connectivity index (χ0v) is 15.3. The van der Waals surface area contributed by atoms with Gasteiger partial charge in [0.1, 0.15) is 5.78 Å². The first kappa shape index (κ1) is 17.5. The predicted octanol–water partition coefficient (Wildman–Crippen LogP) is 5.06. The number of Topliss-reactive ketones (excluding diaryl/α,β-unsaturated/α-hetero) is 1. The van der Waals surface area contributed by atoms with Crippen molar-refractivity contribution in [3.8, 4) is 0 Å². The van der Waals surface area contributed by atoms with Crippen LogP contribution < -0.4 is 0 Å². The van der Waals surface area contributed by atoms with Gasteiger partial charge in [0, 0.05) is 5.92 Å². The van der Waals surface area contributed by atoms with E-state index >= 15 is 0 Å². The summed E-state index contributed by atoms with van der Waals surface area (Å²) in [6.07, 6.45) is 16.3. The monoisotopic (exact) mass is 319 g/mol. The van der Waals surface area contributed by atoms with Crippen molar-refractivity contribution < 1.29 is 4.79 Å². The lowest BCUT2D eigenvalue weighted by Crippen LogP contribution is -2.40. The second-order valence-electron chi connectivity index (χ2n) is 8.60. The number of likely N-dealkylation sites (tertiary alicyclic amines) is 1. The molecule has 0 aromatic rings. The minimum atomic E-state index is 0.388. The summed E-state index contributed by atoms with van der Waals surface area (Å²) >= 11 is 0. The van der Waals surface area contributed by atoms with E-state index in [4.69, 9.17) is 0 Å². The van der Waals surface area contributed by atoms with E-state index < -0.39 is 0 Å². The average Bonchev–Trinajstić information content (AvgIpc) is 2.63. The van der Waals surface area contributed by atoms with E-state index in [2.05, 4.69) is 11.8 Å². The standard InChI is InChI=1S/C21H37NO/c1-2-17-12-14-22(15-13-17)16-21(23)20-10-8-19(9-11-20)18-6-4-3-5-7-18/h17-20H,2-16H2,1H3. The summed E-state index contributed by atoms with van der Waals surface area (Å²) in [5, 5.41) is 0. The topological polar surface area (TPSA) is 20.3 Å². The molecular formula is C21H37NO. The molecule has 23 heavy (non-hydrogen) atoms. The van der Waals surface area contributed by atoms with E-state index in [0.717, 1.165) is 37.4 Å². The molecule has 0 spiro atoms. The third-order valence-electron chi connectivity index (χ3n) is 7.21. The van der Waals surface area contributed by atoms with Crippen LogP contribution in [0, 0.1) is 23.7 Å². The van der Waals surface area contributed by atoms with E-state index in [1.165, 1.54) is 77.0 Å². The van der Waals surface area contributed by atoms with Crippen LogP contribution in [0.1, 0.15) is 84.0 Å². The van der Waals surface area contributed by atoms with Gasteiger partial charge in [-0.25, -0.2) is 0 Å². The minimum absolute atomic E-state index is 0.388. The smallest absolute Gasteiger partial charge is 0.149 e. The Hall–Kier alpha value is -0.370. The molecule has 2 heteroatoms. The zero-order chi connectivity index (χ0) is 16.1. The van der Waals surface area contributed by atoms with Gasteiger partial charge in [0.25, 0.3) is 0 Å². The Labute approximate surface area is 143 Å². The zero-order valence-electron chi connectivity index (χ0n) is 15.3. The SMILES string of the molecule is CCC1CCN(CC(=O)C2CCC(C3CCCCC3)CC2)CC1. The van der Waals surface area contributed by atoms with Crippen LogP contribution in [0.15, 0.2) is 0 Å². The molecule has 0 aromatic heterocycles. The van der Waals surface area contributed by atoms with Crippen molar-refractivity contribution in [3.05, 3.63) is 0 Å². The van der Waals surface area contributed by atoms with Crippen molar-refractivity contribution in [2.75, 3.05) is 19.6 Å². The number of rotatable bonds is 5. The molecule has 1 aliphatic heterocycles. The Bertz CT molecular complexity index is 358. The summed E-state index contributed by atoms with van der Waals surface area (Å²) in [6.45, 7) is 5.36. The molecule has 2 aliphatic carbocycles. The van der Waals surface area contributed by atoms with E-state index in [1.54, 1.807) is 0 Å². The summed E-state index contributed by atoms with van der Waals surface area (Å²) in [7, 11) is 0. The van der Waals surface area contributed by atoms with Gasteiger partial charge in [-0.1, -0.05) is 45.4 Å². The maximum atomic E-state index is 12.7. The quantitative estimate of drug-likeness (QED) is 0.705. The Morgan fingerprint density at radius 1 is 0.826 bits per heavy atom. The second kappa shape index (κ2) is 8.65. The Morgan fingerprint density at radius 2 is 1.43 bits per heavy atom. The molecular weight excluding hydrogens is 282 g/mol. The minimum Gasteiger partial charge on any atom is -0.298 e. The molecule has 2 saturated carbocycles. The number of carbonyl (C=O) groups is 1. The molecule has 132 valence electrons. The van der Waals surface area contributed by atoms with E-state index in [1.807, 2.05) is 0 Å². The van der Waals surface area contributed by atoms with Crippen molar-refractivity contribution in [1.82, 2.24) is 4.90 Å². The molecule has 0 unspecified atom stereocenters. The molecule has 0 amide bonds. The van der Waals surface area contributed by atoms with Crippen molar-refractivity contribution in [2.24, 2.45) is 23.7 Å². The number of ketones is 1. The maximum absolute atomic E-state index is 12.7. The van der Waals surface area contributed by atoms with Gasteiger partial charge in [0.15, 0.2) is 0 Å². The summed E-state index contributed by atoms with van der Waals surface area (Å²) in [5.74, 6) is 3.79. The number of piperidine rings is 1. The van der Waals surface area contributed by atoms with Gasteiger partial charge in [-0.15, -0.1) is 0 Å². The van der Waals surface area contributed by atoms with Crippen LogP contribution in [0.3, 0.4) is 0 Å². The van der Waals surface area contributed by atoms with Crippen LogP contribution in [0.4, 0.5) is 0 Å². The maximum Gasteiger partial charge on any atom is 0.149 e. The first-order chi connectivity index (χ1) is 11.3. The lowest BCUT2D eigenvalue weighted by molar-refractivity contribution is -0.125. The molecule has 2 nitrogen and oxygen atoms in total. The third-order valence-corrected chi connectivity index (χ3v) is 7.21. The highest BCUT2D eigenvalue weighted by atomic mass is 16.1. The van der Waals surface area contributed by atoms with Crippen LogP contribution in [0.5, 0.6) is 0 Å². The molecule has 1 saturated heterocycles. The summed E-state index contributed by atoms with van der Waals surface area (Å²) < 4.78 is 0. The van der Waals surface area contributed by atoms with Gasteiger partial charge < -0.3 is 0 Å². The number of nitrogens with zero attached hydrogens (tertiary/aromatic N) is 1. The van der Waals surface area contributed by atoms with Crippen LogP contribution in [-0.4, -0.2) is 30.3 Å². The van der Waals surface area contributed by atoms with Crippen LogP contribution in [-0.2, 0) is 4.79 Å². The summed E-state index contributed by atoms with van der Waals surface area (Å²) in [4.78, 5) is 15.1. The summed E-state index contributed by atoms with van der Waals surface area (Å²) in [5.41, 5.74) is 0. The molecule has 1 heterocycles. The normalized spacial score (nSPS) is 32.0. The van der Waals surface area contributed by atoms with E-state index in [-0.39, 0.29) is 0 Å². The van der Waals surface area contributed by atoms with Crippen LogP contribution >= 0.6 is 0 Å². The Kier molecular flexibility index (Phi) is 6.56. The van der Waals surface area contributed by atoms with Gasteiger partial charge in [-0.05, 0) is 69.4 Å². The van der Waals surface area contributed by atoms with E-state index in [9.17, 15) is 4.79 Å². The summed E-state index contributed by atoms with van der Waals surface area (Å²) in [6, 6.07) is 0. The molecule has 3 aliphatic rings. The van der Waals surface area contributed by atoms with Crippen LogP contribution in [0.25, 0.3) is 0 Å². The Balaban J connectivity index is 1.38. The van der Waals surface area contributed by atoms with Gasteiger partial charge in [0.2, 0.25) is 0 Å². The van der Waals surface area contributed by atoms with Crippen molar-refractivity contribution in [1.29, 1.82) is 0 Å². The highest BCUT2D eigenvalue weighted by molar-refractivity contribution is 5.83. The largest absolute Gasteiger partial charge is 0.298 e. The lowest BCUT2D eigenvalue weighted by atomic mass is 9.70. The van der Waals surface area contributed by atoms with Gasteiger partial charge in [0.05, 0.1) is 6.54 Å². The molecule has 0 N–H and O–H groups in total. The lowest BCUT2D eigenvalue weighted by Gasteiger charge is -2.36. The first-order valence-corrected chi connectivity index (χ1v) is 10.5. The fraction of sp³-hybridized carbons (Fsp3) is 0.952. The van der Waals surface area contributed by atoms with Gasteiger partial charge in [-0.2, -0.15) is 0 Å². The fourth-order valence-electron chi connectivity index (χ4n) is 5.42. The highest BCUT2D eigenvalue weighted by Gasteiger charge is 2.32. The molecule has 3 fully saturated rings. The molecule has 0 aromatic carbocycles. The van der Waals surface area contributed by atoms with Crippen LogP contribution in [0.2, 0.25) is 0 Å². The number of hydrogen-bond acceptors (Lipinski definition) is 2. The second-order valence-corrected chi connectivity index (χ2v) is 8.60. The number of hydrogen-bond donors (Lipinski definition) is 0.